The SMILES string of the molecule is COC(=O)c1c(NC(=O)C(F)(F)C(F)(F)C(F)(F)C(F)(F)C(=O)Nc2sc3c(c2C(=O)OC)CCCC3)sc2c1CCCC2. The molecule has 4 rings (SSSR count). The van der Waals surface area contributed by atoms with Crippen LogP contribution in [0.5, 0.6) is 0 Å². The summed E-state index contributed by atoms with van der Waals surface area (Å²) in [6.07, 6.45) is 3.45. The third-order valence-electron chi connectivity index (χ3n) is 7.33. The topological polar surface area (TPSA) is 111 Å². The van der Waals surface area contributed by atoms with Crippen molar-refractivity contribution in [1.82, 2.24) is 0 Å². The van der Waals surface area contributed by atoms with Gasteiger partial charge in [0.05, 0.1) is 25.3 Å². The van der Waals surface area contributed by atoms with Crippen LogP contribution < -0.4 is 10.6 Å². The molecule has 2 aliphatic rings. The van der Waals surface area contributed by atoms with Crippen LogP contribution in [0, 0.1) is 0 Å². The number of hydrogen-bond acceptors (Lipinski definition) is 8. The van der Waals surface area contributed by atoms with Crippen molar-refractivity contribution in [1.29, 1.82) is 0 Å². The minimum absolute atomic E-state index is 0.239. The Bertz CT molecular complexity index is 1390. The molecule has 2 amide bonds. The number of carbonyl (C=O) groups is 4. The lowest BCUT2D eigenvalue weighted by molar-refractivity contribution is -0.345. The Balaban J connectivity index is 1.63. The second kappa shape index (κ2) is 11.9. The van der Waals surface area contributed by atoms with E-state index < -0.39 is 68.6 Å². The summed E-state index contributed by atoms with van der Waals surface area (Å²) in [7, 11) is 1.83. The van der Waals surface area contributed by atoms with Crippen molar-refractivity contribution < 1.29 is 63.8 Å². The number of ether oxygens (including phenoxy) is 2. The van der Waals surface area contributed by atoms with E-state index in [0.29, 0.717) is 71.0 Å². The molecule has 2 aromatic heterocycles. The van der Waals surface area contributed by atoms with Crippen LogP contribution in [0.4, 0.5) is 45.1 Å². The maximum atomic E-state index is 14.8. The summed E-state index contributed by atoms with van der Waals surface area (Å²) in [5.41, 5.74) is -0.324. The van der Waals surface area contributed by atoms with Gasteiger partial charge in [-0.2, -0.15) is 35.1 Å². The van der Waals surface area contributed by atoms with Crippen molar-refractivity contribution in [3.8, 4) is 0 Å². The minimum atomic E-state index is -7.15. The van der Waals surface area contributed by atoms with Crippen LogP contribution in [-0.4, -0.2) is 61.7 Å². The lowest BCUT2D eigenvalue weighted by Gasteiger charge is -2.35. The van der Waals surface area contributed by atoms with Gasteiger partial charge in [0.2, 0.25) is 0 Å². The lowest BCUT2D eigenvalue weighted by atomic mass is 9.95. The third-order valence-corrected chi connectivity index (χ3v) is 9.74. The van der Waals surface area contributed by atoms with E-state index in [1.165, 1.54) is 10.6 Å². The highest BCUT2D eigenvalue weighted by atomic mass is 32.1. The van der Waals surface area contributed by atoms with Gasteiger partial charge in [0.15, 0.2) is 0 Å². The quantitative estimate of drug-likeness (QED) is 0.240. The lowest BCUT2D eigenvalue weighted by Crippen LogP contribution is -2.67. The number of carbonyl (C=O) groups excluding carboxylic acids is 4. The summed E-state index contributed by atoms with van der Waals surface area (Å²) in [6, 6.07) is 0. The number of fused-ring (bicyclic) bond motifs is 2. The monoisotopic (exact) mass is 676 g/mol. The zero-order valence-electron chi connectivity index (χ0n) is 22.9. The molecule has 2 aromatic rings. The van der Waals surface area contributed by atoms with Crippen LogP contribution in [0.2, 0.25) is 0 Å². The highest BCUT2D eigenvalue weighted by molar-refractivity contribution is 7.17. The first kappa shape index (κ1) is 33.6. The number of thiophene rings is 2. The molecule has 0 saturated heterocycles. The van der Waals surface area contributed by atoms with Gasteiger partial charge in [-0.05, 0) is 62.5 Å². The Morgan fingerprint density at radius 3 is 1.23 bits per heavy atom. The molecular weight excluding hydrogens is 652 g/mol. The number of halogens is 8. The molecule has 2 heterocycles. The first-order valence-electron chi connectivity index (χ1n) is 13.0. The molecule has 2 N–H and O–H groups in total. The Kier molecular flexibility index (Phi) is 9.10. The predicted molar refractivity (Wildman–Crippen MR) is 142 cm³/mol. The zero-order chi connectivity index (χ0) is 32.8. The van der Waals surface area contributed by atoms with Gasteiger partial charge in [-0.25, -0.2) is 9.59 Å². The van der Waals surface area contributed by atoms with Crippen molar-refractivity contribution in [3.63, 3.8) is 0 Å². The molecule has 44 heavy (non-hydrogen) atoms. The molecule has 0 saturated carbocycles. The van der Waals surface area contributed by atoms with Crippen LogP contribution in [0.3, 0.4) is 0 Å². The number of amides is 2. The standard InChI is InChI=1S/C26H24F8N2O6S2/c1-41-19(37)15-11-7-3-5-9-13(11)43-17(15)35-21(39)23(27,28)25(31,32)26(33,34)24(29,30)22(40)36-18-16(20(38)42-2)12-8-4-6-10-14(12)44-18/h3-10H2,1-2H3,(H,35,39)(H,36,40). The maximum Gasteiger partial charge on any atom is 0.393 e. The number of hydrogen-bond donors (Lipinski definition) is 2. The fourth-order valence-electron chi connectivity index (χ4n) is 4.99. The van der Waals surface area contributed by atoms with E-state index in [0.717, 1.165) is 14.2 Å². The van der Waals surface area contributed by atoms with E-state index in [9.17, 15) is 54.3 Å². The first-order valence-corrected chi connectivity index (χ1v) is 14.7. The molecule has 8 nitrogen and oxygen atoms in total. The highest BCUT2D eigenvalue weighted by Crippen LogP contribution is 2.54. The van der Waals surface area contributed by atoms with E-state index in [1.54, 1.807) is 0 Å². The highest BCUT2D eigenvalue weighted by Gasteiger charge is 2.84. The smallest absolute Gasteiger partial charge is 0.393 e. The normalized spacial score (nSPS) is 15.6. The van der Waals surface area contributed by atoms with Crippen molar-refractivity contribution >= 4 is 56.4 Å². The number of esters is 2. The molecule has 0 bridgehead atoms. The second-order valence-corrected chi connectivity index (χ2v) is 12.2. The van der Waals surface area contributed by atoms with Crippen molar-refractivity contribution in [2.45, 2.75) is 75.1 Å². The second-order valence-electron chi connectivity index (χ2n) is 10.0. The molecule has 0 aliphatic heterocycles. The van der Waals surface area contributed by atoms with Gasteiger partial charge in [-0.15, -0.1) is 22.7 Å². The summed E-state index contributed by atoms with van der Waals surface area (Å²) in [6.45, 7) is 0. The van der Waals surface area contributed by atoms with E-state index in [1.807, 2.05) is 0 Å². The number of rotatable bonds is 9. The van der Waals surface area contributed by atoms with E-state index >= 15 is 0 Å². The molecule has 0 unspecified atom stereocenters. The molecule has 2 aliphatic carbocycles. The Morgan fingerprint density at radius 2 is 0.909 bits per heavy atom. The number of aryl methyl sites for hydroxylation is 2. The largest absolute Gasteiger partial charge is 0.465 e. The van der Waals surface area contributed by atoms with Crippen LogP contribution in [0.15, 0.2) is 0 Å². The molecular formula is C26H24F8N2O6S2. The summed E-state index contributed by atoms with van der Waals surface area (Å²) >= 11 is 1.10. The molecule has 242 valence electrons. The van der Waals surface area contributed by atoms with Gasteiger partial charge < -0.3 is 20.1 Å². The van der Waals surface area contributed by atoms with Gasteiger partial charge >= 0.3 is 47.4 Å². The fourth-order valence-corrected chi connectivity index (χ4v) is 7.53. The van der Waals surface area contributed by atoms with Gasteiger partial charge in [0.1, 0.15) is 10.0 Å². The summed E-state index contributed by atoms with van der Waals surface area (Å²) in [4.78, 5) is 50.1. The molecule has 0 radical (unpaired) electrons. The van der Waals surface area contributed by atoms with Gasteiger partial charge in [0, 0.05) is 9.75 Å². The fraction of sp³-hybridized carbons (Fsp3) is 0.538. The Labute approximate surface area is 252 Å². The van der Waals surface area contributed by atoms with Crippen molar-refractivity contribution in [3.05, 3.63) is 32.0 Å². The van der Waals surface area contributed by atoms with E-state index in [2.05, 4.69) is 9.47 Å². The zero-order valence-corrected chi connectivity index (χ0v) is 24.6. The minimum Gasteiger partial charge on any atom is -0.465 e. The number of nitrogens with one attached hydrogen (secondary N) is 2. The summed E-state index contributed by atoms with van der Waals surface area (Å²) in [5, 5.41) is 1.17. The first-order chi connectivity index (χ1) is 20.4. The van der Waals surface area contributed by atoms with Crippen molar-refractivity contribution in [2.75, 3.05) is 24.9 Å². The Hall–Kier alpha value is -3.28. The van der Waals surface area contributed by atoms with E-state index in [-0.39, 0.29) is 24.0 Å². The summed E-state index contributed by atoms with van der Waals surface area (Å²) < 4.78 is 127. The summed E-state index contributed by atoms with van der Waals surface area (Å²) in [5.74, 6) is -35.9. The average Bonchev–Trinajstić information content (AvgIpc) is 3.53. The molecule has 18 heteroatoms. The van der Waals surface area contributed by atoms with E-state index in [4.69, 9.17) is 0 Å². The molecule has 0 fully saturated rings. The van der Waals surface area contributed by atoms with Gasteiger partial charge in [0.25, 0.3) is 0 Å². The predicted octanol–water partition coefficient (Wildman–Crippen LogP) is 6.26. The van der Waals surface area contributed by atoms with Crippen LogP contribution >= 0.6 is 22.7 Å². The van der Waals surface area contributed by atoms with Crippen molar-refractivity contribution in [2.24, 2.45) is 0 Å². The average molecular weight is 677 g/mol. The molecule has 0 aromatic carbocycles. The van der Waals surface area contributed by atoms with Gasteiger partial charge in [-0.3, -0.25) is 9.59 Å². The molecule has 0 atom stereocenters. The number of anilines is 2. The Morgan fingerprint density at radius 1 is 0.591 bits per heavy atom. The number of methoxy groups -OCH3 is 2. The molecule has 0 spiro atoms. The van der Waals surface area contributed by atoms with Crippen LogP contribution in [-0.2, 0) is 44.7 Å². The van der Waals surface area contributed by atoms with Gasteiger partial charge in [-0.1, -0.05) is 0 Å². The third kappa shape index (κ3) is 5.32. The van der Waals surface area contributed by atoms with Crippen LogP contribution in [0.1, 0.15) is 67.3 Å². The van der Waals surface area contributed by atoms with Crippen LogP contribution in [0.25, 0.3) is 0 Å². The number of alkyl halides is 8. The maximum absolute atomic E-state index is 14.8.